The summed E-state index contributed by atoms with van der Waals surface area (Å²) >= 11 is 0. The summed E-state index contributed by atoms with van der Waals surface area (Å²) in [6, 6.07) is 4.86. The molecule has 0 heterocycles. The molecule has 0 aliphatic heterocycles. The minimum Gasteiger partial charge on any atom is -0.382 e. The summed E-state index contributed by atoms with van der Waals surface area (Å²) in [4.78, 5) is 0. The third kappa shape index (κ3) is 2.25. The largest absolute Gasteiger partial charge is 0.418 e. The van der Waals surface area contributed by atoms with Crippen molar-refractivity contribution in [3.63, 3.8) is 0 Å². The maximum atomic E-state index is 12.7. The van der Waals surface area contributed by atoms with Gasteiger partial charge in [0.25, 0.3) is 0 Å². The zero-order valence-electron chi connectivity index (χ0n) is 8.36. The van der Waals surface area contributed by atoms with Gasteiger partial charge in [0.2, 0.25) is 0 Å². The lowest BCUT2D eigenvalue weighted by Gasteiger charge is -2.16. The molecule has 1 aromatic carbocycles. The van der Waals surface area contributed by atoms with Crippen LogP contribution < -0.4 is 5.32 Å². The van der Waals surface area contributed by atoms with E-state index in [1.54, 1.807) is 6.07 Å². The van der Waals surface area contributed by atoms with Gasteiger partial charge in [0.05, 0.1) is 5.56 Å². The van der Waals surface area contributed by atoms with Crippen LogP contribution in [0, 0.1) is 6.92 Å². The summed E-state index contributed by atoms with van der Waals surface area (Å²) in [6.45, 7) is 1.49. The zero-order valence-corrected chi connectivity index (χ0v) is 8.36. The first kappa shape index (κ1) is 10.3. The fraction of sp³-hybridized carbons (Fsp3) is 0.455. The Morgan fingerprint density at radius 2 is 1.93 bits per heavy atom. The van der Waals surface area contributed by atoms with Crippen LogP contribution in [-0.2, 0) is 6.18 Å². The molecule has 15 heavy (non-hydrogen) atoms. The van der Waals surface area contributed by atoms with E-state index in [4.69, 9.17) is 0 Å². The van der Waals surface area contributed by atoms with Gasteiger partial charge in [-0.05, 0) is 31.4 Å². The molecular weight excluding hydrogens is 203 g/mol. The van der Waals surface area contributed by atoms with Crippen molar-refractivity contribution >= 4 is 5.69 Å². The topological polar surface area (TPSA) is 12.0 Å². The van der Waals surface area contributed by atoms with Crippen LogP contribution >= 0.6 is 0 Å². The number of nitrogens with one attached hydrogen (secondary N) is 1. The summed E-state index contributed by atoms with van der Waals surface area (Å²) in [5, 5.41) is 2.91. The molecule has 1 N–H and O–H groups in total. The van der Waals surface area contributed by atoms with E-state index in [-0.39, 0.29) is 17.3 Å². The molecule has 2 rings (SSSR count). The van der Waals surface area contributed by atoms with E-state index in [0.717, 1.165) is 12.8 Å². The monoisotopic (exact) mass is 215 g/mol. The molecule has 1 fully saturated rings. The summed E-state index contributed by atoms with van der Waals surface area (Å²) < 4.78 is 38.2. The average Bonchev–Trinajstić information content (AvgIpc) is 2.85. The van der Waals surface area contributed by atoms with Crippen molar-refractivity contribution in [3.8, 4) is 0 Å². The zero-order chi connectivity index (χ0) is 11.1. The SMILES string of the molecule is Cc1cccc(NC2CC2)c1C(F)(F)F. The molecule has 0 unspecified atom stereocenters. The lowest BCUT2D eigenvalue weighted by Crippen LogP contribution is -2.13. The first-order chi connectivity index (χ1) is 6.98. The molecular formula is C11H12F3N. The highest BCUT2D eigenvalue weighted by Gasteiger charge is 2.36. The highest BCUT2D eigenvalue weighted by molar-refractivity contribution is 5.57. The lowest BCUT2D eigenvalue weighted by molar-refractivity contribution is -0.137. The van der Waals surface area contributed by atoms with Crippen LogP contribution in [0.4, 0.5) is 18.9 Å². The predicted octanol–water partition coefficient (Wildman–Crippen LogP) is 3.59. The van der Waals surface area contributed by atoms with Crippen LogP contribution in [-0.4, -0.2) is 6.04 Å². The maximum absolute atomic E-state index is 12.7. The van der Waals surface area contributed by atoms with Crippen molar-refractivity contribution in [1.29, 1.82) is 0 Å². The molecule has 1 aromatic rings. The number of hydrogen-bond donors (Lipinski definition) is 1. The molecule has 0 bridgehead atoms. The highest BCUT2D eigenvalue weighted by Crippen LogP contribution is 2.38. The summed E-state index contributed by atoms with van der Waals surface area (Å²) in [6.07, 6.45) is -2.35. The first-order valence-electron chi connectivity index (χ1n) is 4.92. The molecule has 1 nitrogen and oxygen atoms in total. The Morgan fingerprint density at radius 1 is 1.27 bits per heavy atom. The van der Waals surface area contributed by atoms with Crippen LogP contribution in [0.2, 0.25) is 0 Å². The first-order valence-corrected chi connectivity index (χ1v) is 4.92. The standard InChI is InChI=1S/C11H12F3N/c1-7-3-2-4-9(15-8-5-6-8)10(7)11(12,13)14/h2-4,8,15H,5-6H2,1H3. The van der Waals surface area contributed by atoms with E-state index in [2.05, 4.69) is 5.32 Å². The maximum Gasteiger partial charge on any atom is 0.418 e. The van der Waals surface area contributed by atoms with Gasteiger partial charge in [-0.1, -0.05) is 12.1 Å². The number of alkyl halides is 3. The fourth-order valence-corrected chi connectivity index (χ4v) is 1.61. The quantitative estimate of drug-likeness (QED) is 0.794. The fourth-order valence-electron chi connectivity index (χ4n) is 1.61. The molecule has 82 valence electrons. The van der Waals surface area contributed by atoms with E-state index < -0.39 is 11.7 Å². The number of aryl methyl sites for hydroxylation is 1. The smallest absolute Gasteiger partial charge is 0.382 e. The number of hydrogen-bond acceptors (Lipinski definition) is 1. The Balaban J connectivity index is 2.38. The van der Waals surface area contributed by atoms with Crippen molar-refractivity contribution in [1.82, 2.24) is 0 Å². The third-order valence-corrected chi connectivity index (χ3v) is 2.49. The second-order valence-electron chi connectivity index (χ2n) is 3.91. The third-order valence-electron chi connectivity index (χ3n) is 2.49. The number of halogens is 3. The van der Waals surface area contributed by atoms with Crippen LogP contribution in [0.3, 0.4) is 0 Å². The van der Waals surface area contributed by atoms with Gasteiger partial charge in [-0.25, -0.2) is 0 Å². The van der Waals surface area contributed by atoms with Crippen LogP contribution in [0.1, 0.15) is 24.0 Å². The molecule has 4 heteroatoms. The summed E-state index contributed by atoms with van der Waals surface area (Å²) in [5.74, 6) is 0. The summed E-state index contributed by atoms with van der Waals surface area (Å²) in [5.41, 5.74) is -0.0462. The Kier molecular flexibility index (Phi) is 2.37. The van der Waals surface area contributed by atoms with Gasteiger partial charge in [-0.15, -0.1) is 0 Å². The van der Waals surface area contributed by atoms with Crippen molar-refractivity contribution in [2.75, 3.05) is 5.32 Å². The average molecular weight is 215 g/mol. The van der Waals surface area contributed by atoms with Gasteiger partial charge in [-0.2, -0.15) is 13.2 Å². The van der Waals surface area contributed by atoms with E-state index in [9.17, 15) is 13.2 Å². The molecule has 0 radical (unpaired) electrons. The second kappa shape index (κ2) is 3.43. The molecule has 1 aliphatic carbocycles. The van der Waals surface area contributed by atoms with Gasteiger partial charge in [0, 0.05) is 11.7 Å². The van der Waals surface area contributed by atoms with Gasteiger partial charge < -0.3 is 5.32 Å². The van der Waals surface area contributed by atoms with Gasteiger partial charge in [-0.3, -0.25) is 0 Å². The van der Waals surface area contributed by atoms with E-state index in [1.807, 2.05) is 0 Å². The normalized spacial score (nSPS) is 16.5. The highest BCUT2D eigenvalue weighted by atomic mass is 19.4. The molecule has 0 spiro atoms. The molecule has 0 atom stereocenters. The number of rotatable bonds is 2. The van der Waals surface area contributed by atoms with Crippen molar-refractivity contribution in [3.05, 3.63) is 29.3 Å². The Labute approximate surface area is 86.3 Å². The Bertz CT molecular complexity index is 367. The van der Waals surface area contributed by atoms with Crippen LogP contribution in [0.5, 0.6) is 0 Å². The number of benzene rings is 1. The van der Waals surface area contributed by atoms with Gasteiger partial charge >= 0.3 is 6.18 Å². The van der Waals surface area contributed by atoms with E-state index in [1.165, 1.54) is 19.1 Å². The van der Waals surface area contributed by atoms with Crippen molar-refractivity contribution in [2.24, 2.45) is 0 Å². The van der Waals surface area contributed by atoms with Crippen molar-refractivity contribution < 1.29 is 13.2 Å². The number of anilines is 1. The van der Waals surface area contributed by atoms with Crippen LogP contribution in [0.25, 0.3) is 0 Å². The molecule has 0 saturated heterocycles. The van der Waals surface area contributed by atoms with Crippen LogP contribution in [0.15, 0.2) is 18.2 Å². The molecule has 0 aromatic heterocycles. The van der Waals surface area contributed by atoms with Gasteiger partial charge in [0.1, 0.15) is 0 Å². The molecule has 1 saturated carbocycles. The summed E-state index contributed by atoms with van der Waals surface area (Å²) in [7, 11) is 0. The minimum absolute atomic E-state index is 0.213. The Morgan fingerprint density at radius 3 is 2.47 bits per heavy atom. The minimum atomic E-state index is -4.28. The second-order valence-corrected chi connectivity index (χ2v) is 3.91. The van der Waals surface area contributed by atoms with E-state index >= 15 is 0 Å². The molecule has 0 amide bonds. The predicted molar refractivity (Wildman–Crippen MR) is 52.8 cm³/mol. The van der Waals surface area contributed by atoms with Gasteiger partial charge in [0.15, 0.2) is 0 Å². The molecule has 1 aliphatic rings. The Hall–Kier alpha value is -1.19. The van der Waals surface area contributed by atoms with Crippen molar-refractivity contribution in [2.45, 2.75) is 32.0 Å². The lowest BCUT2D eigenvalue weighted by atomic mass is 10.1. The van der Waals surface area contributed by atoms with E-state index in [0.29, 0.717) is 0 Å².